The first kappa shape index (κ1) is 14.8. The molecule has 6 heteroatoms. The molecule has 0 aromatic rings. The predicted molar refractivity (Wildman–Crippen MR) is 62.7 cm³/mol. The van der Waals surface area contributed by atoms with Gasteiger partial charge in [-0.15, -0.1) is 0 Å². The molecule has 2 unspecified atom stereocenters. The largest absolute Gasteiger partial charge is 0.328 e. The zero-order valence-electron chi connectivity index (χ0n) is 10.2. The Morgan fingerprint density at radius 1 is 1.27 bits per heavy atom. The molecule has 15 heavy (non-hydrogen) atoms. The monoisotopic (exact) mass is 237 g/mol. The van der Waals surface area contributed by atoms with E-state index in [2.05, 4.69) is 9.44 Å². The first-order valence-electron chi connectivity index (χ1n) is 5.08. The van der Waals surface area contributed by atoms with Crippen LogP contribution >= 0.6 is 0 Å². The molecule has 0 radical (unpaired) electrons. The third-order valence-electron chi connectivity index (χ3n) is 1.52. The molecule has 0 aromatic carbocycles. The fourth-order valence-corrected chi connectivity index (χ4v) is 2.79. The van der Waals surface area contributed by atoms with Crippen molar-refractivity contribution in [1.82, 2.24) is 9.44 Å². The van der Waals surface area contributed by atoms with Crippen LogP contribution in [0.25, 0.3) is 0 Å². The van der Waals surface area contributed by atoms with E-state index in [1.54, 1.807) is 27.7 Å². The topological polar surface area (TPSA) is 84.2 Å². The van der Waals surface area contributed by atoms with Crippen molar-refractivity contribution in [2.45, 2.75) is 58.7 Å². The Morgan fingerprint density at radius 2 is 1.73 bits per heavy atom. The summed E-state index contributed by atoms with van der Waals surface area (Å²) in [6.45, 7) is 9.03. The van der Waals surface area contributed by atoms with Crippen LogP contribution in [0.5, 0.6) is 0 Å². The van der Waals surface area contributed by atoms with E-state index >= 15 is 0 Å². The Bertz CT molecular complexity index is 280. The minimum Gasteiger partial charge on any atom is -0.328 e. The SMILES string of the molecule is CC(N)CC(C)NS(=O)(=O)NC(C)(C)C. The molecule has 0 rings (SSSR count). The molecular formula is C9H23N3O2S. The molecule has 0 amide bonds. The molecule has 0 aliphatic carbocycles. The minimum absolute atomic E-state index is 0.0164. The first-order valence-corrected chi connectivity index (χ1v) is 6.57. The lowest BCUT2D eigenvalue weighted by atomic mass is 10.1. The Balaban J connectivity index is 4.27. The Morgan fingerprint density at radius 3 is 2.07 bits per heavy atom. The van der Waals surface area contributed by atoms with Crippen LogP contribution in [0.2, 0.25) is 0 Å². The molecule has 0 heterocycles. The van der Waals surface area contributed by atoms with Crippen molar-refractivity contribution in [2.75, 3.05) is 0 Å². The van der Waals surface area contributed by atoms with Crippen molar-refractivity contribution in [1.29, 1.82) is 0 Å². The lowest BCUT2D eigenvalue weighted by Gasteiger charge is -2.23. The molecule has 0 aliphatic heterocycles. The molecular weight excluding hydrogens is 214 g/mol. The number of nitrogens with two attached hydrogens (primary N) is 1. The van der Waals surface area contributed by atoms with Gasteiger partial charge in [0.1, 0.15) is 0 Å². The van der Waals surface area contributed by atoms with Crippen LogP contribution in [0.1, 0.15) is 41.0 Å². The van der Waals surface area contributed by atoms with Gasteiger partial charge in [-0.1, -0.05) is 0 Å². The smallest absolute Gasteiger partial charge is 0.277 e. The quantitative estimate of drug-likeness (QED) is 0.644. The van der Waals surface area contributed by atoms with Crippen molar-refractivity contribution in [3.8, 4) is 0 Å². The van der Waals surface area contributed by atoms with Crippen molar-refractivity contribution in [3.63, 3.8) is 0 Å². The average molecular weight is 237 g/mol. The standard InChI is InChI=1S/C9H23N3O2S/c1-7(10)6-8(2)11-15(13,14)12-9(3,4)5/h7-8,11-12H,6,10H2,1-5H3. The second kappa shape index (κ2) is 5.25. The molecule has 5 nitrogen and oxygen atoms in total. The van der Waals surface area contributed by atoms with Gasteiger partial charge in [0.15, 0.2) is 0 Å². The molecule has 92 valence electrons. The lowest BCUT2D eigenvalue weighted by molar-refractivity contribution is 0.467. The predicted octanol–water partition coefficient (Wildman–Crippen LogP) is 0.335. The van der Waals surface area contributed by atoms with Crippen LogP contribution < -0.4 is 15.2 Å². The van der Waals surface area contributed by atoms with E-state index < -0.39 is 15.7 Å². The lowest BCUT2D eigenvalue weighted by Crippen LogP contribution is -2.49. The zero-order valence-corrected chi connectivity index (χ0v) is 11.0. The van der Waals surface area contributed by atoms with Gasteiger partial charge >= 0.3 is 0 Å². The fourth-order valence-electron chi connectivity index (χ4n) is 1.30. The molecule has 0 spiro atoms. The van der Waals surface area contributed by atoms with Gasteiger partial charge in [0.25, 0.3) is 10.2 Å². The van der Waals surface area contributed by atoms with Crippen molar-refractivity contribution in [2.24, 2.45) is 5.73 Å². The van der Waals surface area contributed by atoms with Gasteiger partial charge < -0.3 is 5.73 Å². The van der Waals surface area contributed by atoms with Gasteiger partial charge in [0, 0.05) is 17.6 Å². The van der Waals surface area contributed by atoms with Gasteiger partial charge in [-0.2, -0.15) is 17.9 Å². The maximum absolute atomic E-state index is 11.6. The van der Waals surface area contributed by atoms with Crippen molar-refractivity contribution < 1.29 is 8.42 Å². The summed E-state index contributed by atoms with van der Waals surface area (Å²) in [5.41, 5.74) is 5.11. The molecule has 0 fully saturated rings. The van der Waals surface area contributed by atoms with Gasteiger partial charge in [-0.3, -0.25) is 0 Å². The maximum atomic E-state index is 11.6. The highest BCUT2D eigenvalue weighted by molar-refractivity contribution is 7.87. The van der Waals surface area contributed by atoms with E-state index in [-0.39, 0.29) is 12.1 Å². The highest BCUT2D eigenvalue weighted by atomic mass is 32.2. The summed E-state index contributed by atoms with van der Waals surface area (Å²) < 4.78 is 28.2. The Hall–Kier alpha value is -0.170. The van der Waals surface area contributed by atoms with Gasteiger partial charge in [-0.05, 0) is 41.0 Å². The van der Waals surface area contributed by atoms with E-state index in [0.29, 0.717) is 6.42 Å². The summed E-state index contributed by atoms with van der Waals surface area (Å²) in [6.07, 6.45) is 0.616. The third-order valence-corrected chi connectivity index (χ3v) is 3.12. The van der Waals surface area contributed by atoms with Crippen LogP contribution in [0.3, 0.4) is 0 Å². The number of hydrogen-bond acceptors (Lipinski definition) is 3. The summed E-state index contributed by atoms with van der Waals surface area (Å²) in [6, 6.07) is -0.179. The van der Waals surface area contributed by atoms with E-state index in [4.69, 9.17) is 5.73 Å². The summed E-state index contributed by atoms with van der Waals surface area (Å²) in [4.78, 5) is 0. The second-order valence-corrected chi connectivity index (χ2v) is 6.53. The van der Waals surface area contributed by atoms with Crippen LogP contribution in [-0.2, 0) is 10.2 Å². The van der Waals surface area contributed by atoms with Gasteiger partial charge in [0.2, 0.25) is 0 Å². The van der Waals surface area contributed by atoms with Crippen LogP contribution in [-0.4, -0.2) is 26.0 Å². The highest BCUT2D eigenvalue weighted by Crippen LogP contribution is 2.02. The molecule has 0 aliphatic rings. The first-order chi connectivity index (χ1) is 6.52. The Kier molecular flexibility index (Phi) is 5.19. The summed E-state index contributed by atoms with van der Waals surface area (Å²) >= 11 is 0. The molecule has 0 bridgehead atoms. The molecule has 2 atom stereocenters. The molecule has 0 aromatic heterocycles. The normalized spacial score (nSPS) is 17.5. The van der Waals surface area contributed by atoms with Gasteiger partial charge in [-0.25, -0.2) is 0 Å². The van der Waals surface area contributed by atoms with Crippen molar-refractivity contribution >= 4 is 10.2 Å². The molecule has 0 saturated carbocycles. The van der Waals surface area contributed by atoms with Gasteiger partial charge in [0.05, 0.1) is 0 Å². The number of hydrogen-bond donors (Lipinski definition) is 3. The summed E-state index contributed by atoms with van der Waals surface area (Å²) in [5.74, 6) is 0. The second-order valence-electron chi connectivity index (χ2n) is 5.09. The number of nitrogens with one attached hydrogen (secondary N) is 2. The number of rotatable bonds is 5. The highest BCUT2D eigenvalue weighted by Gasteiger charge is 2.21. The zero-order chi connectivity index (χ0) is 12.3. The Labute approximate surface area is 93.0 Å². The van der Waals surface area contributed by atoms with Crippen LogP contribution in [0.15, 0.2) is 0 Å². The van der Waals surface area contributed by atoms with E-state index in [1.807, 2.05) is 6.92 Å². The fraction of sp³-hybridized carbons (Fsp3) is 1.00. The third kappa shape index (κ3) is 8.80. The average Bonchev–Trinajstić information content (AvgIpc) is 1.73. The maximum Gasteiger partial charge on any atom is 0.277 e. The van der Waals surface area contributed by atoms with Crippen molar-refractivity contribution in [3.05, 3.63) is 0 Å². The summed E-state index contributed by atoms with van der Waals surface area (Å²) in [7, 11) is -3.44. The molecule has 0 saturated heterocycles. The molecule has 4 N–H and O–H groups in total. The minimum atomic E-state index is -3.44. The van der Waals surface area contributed by atoms with Crippen LogP contribution in [0.4, 0.5) is 0 Å². The van der Waals surface area contributed by atoms with E-state index in [9.17, 15) is 8.42 Å². The van der Waals surface area contributed by atoms with E-state index in [1.165, 1.54) is 0 Å². The van der Waals surface area contributed by atoms with Crippen LogP contribution in [0, 0.1) is 0 Å². The van der Waals surface area contributed by atoms with E-state index in [0.717, 1.165) is 0 Å². The summed E-state index contributed by atoms with van der Waals surface area (Å²) in [5, 5.41) is 0.